The van der Waals surface area contributed by atoms with E-state index in [2.05, 4.69) is 11.1 Å². The minimum absolute atomic E-state index is 0. The van der Waals surface area contributed by atoms with Gasteiger partial charge in [0.2, 0.25) is 0 Å². The van der Waals surface area contributed by atoms with Gasteiger partial charge in [-0.1, -0.05) is 32.6 Å². The maximum atomic E-state index is 9.90. The van der Waals surface area contributed by atoms with Crippen LogP contribution < -0.4 is 0 Å². The molecule has 0 amide bonds. The molecule has 5 heteroatoms. The van der Waals surface area contributed by atoms with Crippen molar-refractivity contribution in [2.45, 2.75) is 39.0 Å². The summed E-state index contributed by atoms with van der Waals surface area (Å²) in [6, 6.07) is 0. The van der Waals surface area contributed by atoms with Crippen molar-refractivity contribution in [1.29, 1.82) is 0 Å². The Hall–Kier alpha value is 0.910. The van der Waals surface area contributed by atoms with Gasteiger partial charge in [0, 0.05) is 0 Å². The molecule has 0 aromatic rings. The molecule has 70 valence electrons. The zero-order chi connectivity index (χ0) is 8.53. The summed E-state index contributed by atoms with van der Waals surface area (Å²) in [6.45, 7) is 2.49. The summed E-state index contributed by atoms with van der Waals surface area (Å²) >= 11 is 0. The Morgan fingerprint density at radius 3 is 2.17 bits per heavy atom. The fourth-order valence-corrected chi connectivity index (χ4v) is 1.12. The van der Waals surface area contributed by atoms with E-state index in [4.69, 9.17) is 0 Å². The summed E-state index contributed by atoms with van der Waals surface area (Å²) in [4.78, 5) is 0. The van der Waals surface area contributed by atoms with Gasteiger partial charge in [-0.2, -0.15) is 0 Å². The van der Waals surface area contributed by atoms with E-state index in [1.807, 2.05) is 0 Å². The van der Waals surface area contributed by atoms with Crippen LogP contribution in [0.5, 0.6) is 0 Å². The van der Waals surface area contributed by atoms with Gasteiger partial charge < -0.3 is 0 Å². The molecular weight excluding hydrogens is 187 g/mol. The predicted molar refractivity (Wildman–Crippen MR) is 52.2 cm³/mol. The van der Waals surface area contributed by atoms with Crippen LogP contribution in [0.4, 0.5) is 0 Å². The van der Waals surface area contributed by atoms with Crippen LogP contribution in [0.25, 0.3) is 0 Å². The molecule has 0 bridgehead atoms. The summed E-state index contributed by atoms with van der Waals surface area (Å²) in [5.41, 5.74) is 0. The Balaban J connectivity index is 0. The zero-order valence-corrected chi connectivity index (χ0v) is 7.81. The van der Waals surface area contributed by atoms with Gasteiger partial charge >= 0.3 is 29.6 Å². The van der Waals surface area contributed by atoms with E-state index in [9.17, 15) is 8.42 Å². The van der Waals surface area contributed by atoms with Crippen molar-refractivity contribution in [3.05, 3.63) is 0 Å². The average molecular weight is 204 g/mol. The van der Waals surface area contributed by atoms with E-state index in [0.29, 0.717) is 6.61 Å². The van der Waals surface area contributed by atoms with Gasteiger partial charge in [0.1, 0.15) is 0 Å². The van der Waals surface area contributed by atoms with Crippen molar-refractivity contribution in [1.82, 2.24) is 0 Å². The Bertz CT molecular complexity index is 140. The summed E-state index contributed by atoms with van der Waals surface area (Å²) in [5, 5.41) is 0. The molecule has 0 aromatic carbocycles. The van der Waals surface area contributed by atoms with Crippen LogP contribution in [0.15, 0.2) is 0 Å². The zero-order valence-electron chi connectivity index (χ0n) is 6.91. The molecule has 0 aliphatic heterocycles. The Kier molecular flexibility index (Phi) is 15.3. The van der Waals surface area contributed by atoms with Crippen LogP contribution in [-0.4, -0.2) is 44.6 Å². The number of unbranched alkanes of at least 4 members (excludes halogenated alkanes) is 4. The quantitative estimate of drug-likeness (QED) is 0.380. The Labute approximate surface area is 98.3 Å². The molecule has 0 saturated carbocycles. The van der Waals surface area contributed by atoms with Crippen molar-refractivity contribution in [2.24, 2.45) is 0 Å². The predicted octanol–water partition coefficient (Wildman–Crippen LogP) is 0.851. The first-order valence-electron chi connectivity index (χ1n) is 4.04. The van der Waals surface area contributed by atoms with Crippen LogP contribution in [-0.2, 0) is 15.2 Å². The molecule has 0 unspecified atom stereocenters. The molecule has 0 fully saturated rings. The summed E-state index contributed by atoms with van der Waals surface area (Å²) in [6.07, 6.45) is 5.52. The van der Waals surface area contributed by atoms with Gasteiger partial charge in [0.05, 0.1) is 6.61 Å². The van der Waals surface area contributed by atoms with E-state index in [-0.39, 0.29) is 29.6 Å². The second-order valence-corrected chi connectivity index (χ2v) is 3.18. The molecule has 0 saturated heterocycles. The van der Waals surface area contributed by atoms with Gasteiger partial charge in [-0.05, 0) is 6.42 Å². The van der Waals surface area contributed by atoms with Crippen molar-refractivity contribution < 1.29 is 12.6 Å². The first-order valence-corrected chi connectivity index (χ1v) is 5.14. The van der Waals surface area contributed by atoms with Crippen LogP contribution in [0.2, 0.25) is 0 Å². The molecular formula is C7H17NaO3S. The summed E-state index contributed by atoms with van der Waals surface area (Å²) in [7, 11) is -2.62. The molecule has 0 N–H and O–H groups in total. The standard InChI is InChI=1S/C7H16O3S.Na.H/c1-2-3-4-5-6-7-10-11(8)9;;/h11H,2-7H2,1H3;;. The minimum atomic E-state index is -2.62. The van der Waals surface area contributed by atoms with Gasteiger partial charge in [-0.15, -0.1) is 0 Å². The third-order valence-corrected chi connectivity index (χ3v) is 1.84. The fraction of sp³-hybridized carbons (Fsp3) is 1.00. The second kappa shape index (κ2) is 11.9. The van der Waals surface area contributed by atoms with E-state index in [0.717, 1.165) is 12.8 Å². The van der Waals surface area contributed by atoms with E-state index in [1.165, 1.54) is 19.3 Å². The monoisotopic (exact) mass is 204 g/mol. The second-order valence-electron chi connectivity index (χ2n) is 2.47. The van der Waals surface area contributed by atoms with Crippen LogP contribution in [0, 0.1) is 0 Å². The van der Waals surface area contributed by atoms with E-state index >= 15 is 0 Å². The van der Waals surface area contributed by atoms with Crippen molar-refractivity contribution in [2.75, 3.05) is 6.61 Å². The van der Waals surface area contributed by atoms with Crippen LogP contribution in [0.3, 0.4) is 0 Å². The van der Waals surface area contributed by atoms with Gasteiger partial charge in [0.15, 0.2) is 0 Å². The normalized spacial score (nSPS) is 9.83. The molecule has 0 rings (SSSR count). The number of rotatable bonds is 7. The van der Waals surface area contributed by atoms with E-state index in [1.54, 1.807) is 0 Å². The summed E-state index contributed by atoms with van der Waals surface area (Å²) in [5.74, 6) is 0. The molecule has 0 heterocycles. The van der Waals surface area contributed by atoms with Crippen molar-refractivity contribution in [3.63, 3.8) is 0 Å². The molecule has 0 atom stereocenters. The summed E-state index contributed by atoms with van der Waals surface area (Å²) < 4.78 is 24.2. The topological polar surface area (TPSA) is 43.4 Å². The average Bonchev–Trinajstić information content (AvgIpc) is 1.96. The third-order valence-electron chi connectivity index (χ3n) is 1.44. The Morgan fingerprint density at radius 1 is 1.08 bits per heavy atom. The number of hydrogen-bond acceptors (Lipinski definition) is 3. The van der Waals surface area contributed by atoms with Crippen molar-refractivity contribution >= 4 is 40.5 Å². The first-order chi connectivity index (χ1) is 5.27. The van der Waals surface area contributed by atoms with Gasteiger partial charge in [0.25, 0.3) is 11.0 Å². The molecule has 0 spiro atoms. The third kappa shape index (κ3) is 13.5. The van der Waals surface area contributed by atoms with Crippen LogP contribution >= 0.6 is 0 Å². The first kappa shape index (κ1) is 15.4. The molecule has 0 radical (unpaired) electrons. The molecule has 0 aromatic heterocycles. The molecule has 0 aliphatic carbocycles. The SMILES string of the molecule is CCCCCCCO[SH](=O)=O.[NaH]. The molecule has 0 aliphatic rings. The van der Waals surface area contributed by atoms with Gasteiger partial charge in [-0.25, -0.2) is 8.42 Å². The Morgan fingerprint density at radius 2 is 1.67 bits per heavy atom. The van der Waals surface area contributed by atoms with Crippen molar-refractivity contribution in [3.8, 4) is 0 Å². The van der Waals surface area contributed by atoms with Gasteiger partial charge in [-0.3, -0.25) is 4.18 Å². The molecule has 12 heavy (non-hydrogen) atoms. The fourth-order valence-electron chi connectivity index (χ4n) is 0.845. The van der Waals surface area contributed by atoms with E-state index < -0.39 is 11.0 Å². The molecule has 3 nitrogen and oxygen atoms in total. The number of hydrogen-bond donors (Lipinski definition) is 1. The van der Waals surface area contributed by atoms with Crippen LogP contribution in [0.1, 0.15) is 39.0 Å². The maximum absolute atomic E-state index is 9.90. The number of thiol groups is 1.